The van der Waals surface area contributed by atoms with Gasteiger partial charge in [0.1, 0.15) is 0 Å². The van der Waals surface area contributed by atoms with E-state index in [1.54, 1.807) is 12.1 Å². The number of benzene rings is 2. The van der Waals surface area contributed by atoms with Crippen LogP contribution in [0, 0.1) is 0 Å². The number of nitrogen functional groups attached to an aromatic ring is 1. The average molecular weight is 269 g/mol. The van der Waals surface area contributed by atoms with Crippen LogP contribution in [0.3, 0.4) is 0 Å². The highest BCUT2D eigenvalue weighted by Crippen LogP contribution is 2.13. The zero-order chi connectivity index (χ0) is 14.4. The molecule has 0 atom stereocenters. The molecule has 0 fully saturated rings. The van der Waals surface area contributed by atoms with Crippen LogP contribution in [0.25, 0.3) is 0 Å². The van der Waals surface area contributed by atoms with Crippen LogP contribution in [0.4, 0.5) is 17.1 Å². The summed E-state index contributed by atoms with van der Waals surface area (Å²) < 4.78 is 0. The van der Waals surface area contributed by atoms with E-state index in [1.165, 1.54) is 0 Å². The first-order valence-electron chi connectivity index (χ1n) is 6.57. The van der Waals surface area contributed by atoms with Gasteiger partial charge in [-0.3, -0.25) is 4.79 Å². The highest BCUT2D eigenvalue weighted by molar-refractivity contribution is 5.91. The minimum Gasteiger partial charge on any atom is -0.399 e. The molecular formula is C16H19N3O. The number of carbonyl (C=O) groups excluding carboxylic acids is 1. The minimum atomic E-state index is -0.0154. The number of para-hydroxylation sites is 1. The molecule has 2 aromatic rings. The van der Waals surface area contributed by atoms with Crippen molar-refractivity contribution < 1.29 is 4.79 Å². The Morgan fingerprint density at radius 2 is 1.90 bits per heavy atom. The molecule has 0 radical (unpaired) electrons. The van der Waals surface area contributed by atoms with Crippen molar-refractivity contribution in [2.75, 3.05) is 29.5 Å². The molecule has 4 nitrogen and oxygen atoms in total. The Balaban J connectivity index is 1.83. The molecule has 0 aliphatic carbocycles. The molecule has 0 bridgehead atoms. The van der Waals surface area contributed by atoms with E-state index in [9.17, 15) is 4.79 Å². The number of nitrogens with two attached hydrogens (primary N) is 1. The van der Waals surface area contributed by atoms with Crippen molar-refractivity contribution in [3.8, 4) is 0 Å². The lowest BCUT2D eigenvalue weighted by molar-refractivity contribution is -0.116. The monoisotopic (exact) mass is 269 g/mol. The van der Waals surface area contributed by atoms with Crippen molar-refractivity contribution in [2.24, 2.45) is 0 Å². The largest absolute Gasteiger partial charge is 0.399 e. The Morgan fingerprint density at radius 3 is 2.60 bits per heavy atom. The standard InChI is InChI=1S/C16H19N3O/c1-19(15-8-3-2-4-9-15)11-10-16(20)18-14-7-5-6-13(17)12-14/h2-9,12H,10-11,17H2,1H3,(H,18,20). The number of amides is 1. The van der Waals surface area contributed by atoms with Crippen molar-refractivity contribution >= 4 is 23.0 Å². The molecule has 0 saturated carbocycles. The van der Waals surface area contributed by atoms with E-state index in [4.69, 9.17) is 5.73 Å². The Bertz CT molecular complexity index is 569. The van der Waals surface area contributed by atoms with E-state index in [0.29, 0.717) is 18.7 Å². The quantitative estimate of drug-likeness (QED) is 0.821. The van der Waals surface area contributed by atoms with E-state index >= 15 is 0 Å². The van der Waals surface area contributed by atoms with Gasteiger partial charge in [-0.1, -0.05) is 24.3 Å². The smallest absolute Gasteiger partial charge is 0.226 e. The van der Waals surface area contributed by atoms with E-state index in [-0.39, 0.29) is 5.91 Å². The number of rotatable bonds is 5. The van der Waals surface area contributed by atoms with Crippen LogP contribution in [0.1, 0.15) is 6.42 Å². The summed E-state index contributed by atoms with van der Waals surface area (Å²) in [6.07, 6.45) is 0.431. The van der Waals surface area contributed by atoms with Gasteiger partial charge in [-0.15, -0.1) is 0 Å². The lowest BCUT2D eigenvalue weighted by Gasteiger charge is -2.18. The first kappa shape index (κ1) is 13.9. The first-order valence-corrected chi connectivity index (χ1v) is 6.57. The summed E-state index contributed by atoms with van der Waals surface area (Å²) in [5.41, 5.74) is 8.15. The highest BCUT2D eigenvalue weighted by atomic mass is 16.1. The molecule has 3 N–H and O–H groups in total. The fraction of sp³-hybridized carbons (Fsp3) is 0.188. The maximum Gasteiger partial charge on any atom is 0.226 e. The van der Waals surface area contributed by atoms with Crippen LogP contribution in [-0.2, 0) is 4.79 Å². The number of hydrogen-bond acceptors (Lipinski definition) is 3. The fourth-order valence-electron chi connectivity index (χ4n) is 1.92. The summed E-state index contributed by atoms with van der Waals surface area (Å²) in [6, 6.07) is 17.2. The highest BCUT2D eigenvalue weighted by Gasteiger charge is 2.05. The molecule has 2 aromatic carbocycles. The van der Waals surface area contributed by atoms with Crippen LogP contribution < -0.4 is 16.0 Å². The summed E-state index contributed by atoms with van der Waals surface area (Å²) in [4.78, 5) is 13.9. The number of carbonyl (C=O) groups is 1. The molecule has 104 valence electrons. The van der Waals surface area contributed by atoms with Crippen LogP contribution in [-0.4, -0.2) is 19.5 Å². The van der Waals surface area contributed by atoms with Crippen molar-refractivity contribution in [2.45, 2.75) is 6.42 Å². The van der Waals surface area contributed by atoms with Gasteiger partial charge in [-0.2, -0.15) is 0 Å². The summed E-state index contributed by atoms with van der Waals surface area (Å²) >= 11 is 0. The van der Waals surface area contributed by atoms with Crippen LogP contribution in [0.5, 0.6) is 0 Å². The number of nitrogens with one attached hydrogen (secondary N) is 1. The van der Waals surface area contributed by atoms with E-state index in [1.807, 2.05) is 49.5 Å². The second kappa shape index (κ2) is 6.61. The third-order valence-electron chi connectivity index (χ3n) is 3.04. The zero-order valence-electron chi connectivity index (χ0n) is 11.5. The van der Waals surface area contributed by atoms with Gasteiger partial charge in [-0.05, 0) is 30.3 Å². The van der Waals surface area contributed by atoms with Crippen molar-refractivity contribution in [1.82, 2.24) is 0 Å². The minimum absolute atomic E-state index is 0.0154. The van der Waals surface area contributed by atoms with Gasteiger partial charge in [0, 0.05) is 37.1 Å². The number of hydrogen-bond donors (Lipinski definition) is 2. The third-order valence-corrected chi connectivity index (χ3v) is 3.04. The van der Waals surface area contributed by atoms with Gasteiger partial charge >= 0.3 is 0 Å². The second-order valence-electron chi connectivity index (χ2n) is 4.68. The van der Waals surface area contributed by atoms with Crippen LogP contribution >= 0.6 is 0 Å². The molecule has 0 spiro atoms. The summed E-state index contributed by atoms with van der Waals surface area (Å²) in [5, 5.41) is 2.84. The fourth-order valence-corrected chi connectivity index (χ4v) is 1.92. The molecule has 0 aromatic heterocycles. The van der Waals surface area contributed by atoms with Crippen LogP contribution in [0.2, 0.25) is 0 Å². The Labute approximate surface area is 119 Å². The average Bonchev–Trinajstić information content (AvgIpc) is 2.46. The van der Waals surface area contributed by atoms with Gasteiger partial charge in [-0.25, -0.2) is 0 Å². The van der Waals surface area contributed by atoms with E-state index < -0.39 is 0 Å². The van der Waals surface area contributed by atoms with E-state index in [0.717, 1.165) is 11.4 Å². The predicted octanol–water partition coefficient (Wildman–Crippen LogP) is 2.73. The molecule has 2 rings (SSSR count). The van der Waals surface area contributed by atoms with Gasteiger partial charge in [0.25, 0.3) is 0 Å². The summed E-state index contributed by atoms with van der Waals surface area (Å²) in [7, 11) is 1.98. The molecule has 4 heteroatoms. The Hall–Kier alpha value is -2.49. The molecule has 0 aliphatic heterocycles. The lowest BCUT2D eigenvalue weighted by Crippen LogP contribution is -2.23. The van der Waals surface area contributed by atoms with Gasteiger partial charge in [0.15, 0.2) is 0 Å². The predicted molar refractivity (Wildman–Crippen MR) is 83.8 cm³/mol. The molecular weight excluding hydrogens is 250 g/mol. The van der Waals surface area contributed by atoms with Crippen molar-refractivity contribution in [3.05, 3.63) is 54.6 Å². The topological polar surface area (TPSA) is 58.4 Å². The van der Waals surface area contributed by atoms with Gasteiger partial charge < -0.3 is 16.0 Å². The summed E-state index contributed by atoms with van der Waals surface area (Å²) in [5.74, 6) is -0.0154. The van der Waals surface area contributed by atoms with Crippen LogP contribution in [0.15, 0.2) is 54.6 Å². The second-order valence-corrected chi connectivity index (χ2v) is 4.68. The number of nitrogens with zero attached hydrogens (tertiary/aromatic N) is 1. The molecule has 0 unspecified atom stereocenters. The molecule has 0 heterocycles. The molecule has 0 saturated heterocycles. The first-order chi connectivity index (χ1) is 9.65. The SMILES string of the molecule is CN(CCC(=O)Nc1cccc(N)c1)c1ccccc1. The zero-order valence-corrected chi connectivity index (χ0v) is 11.5. The van der Waals surface area contributed by atoms with Crippen molar-refractivity contribution in [3.63, 3.8) is 0 Å². The number of anilines is 3. The van der Waals surface area contributed by atoms with Gasteiger partial charge in [0.05, 0.1) is 0 Å². The molecule has 20 heavy (non-hydrogen) atoms. The third kappa shape index (κ3) is 4.02. The van der Waals surface area contributed by atoms with Gasteiger partial charge in [0.2, 0.25) is 5.91 Å². The Morgan fingerprint density at radius 1 is 1.15 bits per heavy atom. The molecule has 0 aliphatic rings. The maximum absolute atomic E-state index is 11.9. The molecule has 1 amide bonds. The van der Waals surface area contributed by atoms with Crippen molar-refractivity contribution in [1.29, 1.82) is 0 Å². The normalized spacial score (nSPS) is 10.1. The maximum atomic E-state index is 11.9. The Kier molecular flexibility index (Phi) is 4.60. The lowest BCUT2D eigenvalue weighted by atomic mass is 10.2. The van der Waals surface area contributed by atoms with E-state index in [2.05, 4.69) is 10.2 Å². The summed E-state index contributed by atoms with van der Waals surface area (Å²) in [6.45, 7) is 0.665.